The van der Waals surface area contributed by atoms with Gasteiger partial charge < -0.3 is 0 Å². The monoisotopic (exact) mass is 245 g/mol. The molecule has 1 aromatic rings. The van der Waals surface area contributed by atoms with Crippen molar-refractivity contribution in [1.82, 2.24) is 0 Å². The normalized spacial score (nSPS) is 14.7. The van der Waals surface area contributed by atoms with Crippen molar-refractivity contribution in [3.05, 3.63) is 35.4 Å². The molecule has 0 unspecified atom stereocenters. The van der Waals surface area contributed by atoms with E-state index in [0.29, 0.717) is 5.92 Å². The first-order chi connectivity index (χ1) is 8.42. The second-order valence-electron chi connectivity index (χ2n) is 5.91. The van der Waals surface area contributed by atoms with Gasteiger partial charge in [-0.1, -0.05) is 52.0 Å². The summed E-state index contributed by atoms with van der Waals surface area (Å²) in [7, 11) is 1.93. The molecular weight excluding hydrogens is 218 g/mol. The van der Waals surface area contributed by atoms with Crippen LogP contribution in [0.3, 0.4) is 0 Å². The molecule has 0 bridgehead atoms. The van der Waals surface area contributed by atoms with Gasteiger partial charge in [-0.25, -0.2) is 0 Å². The summed E-state index contributed by atoms with van der Waals surface area (Å²) in [6.07, 6.45) is 2.22. The maximum atomic E-state index is 4.57. The van der Waals surface area contributed by atoms with Crippen LogP contribution >= 0.6 is 0 Å². The lowest BCUT2D eigenvalue weighted by atomic mass is 9.75. The van der Waals surface area contributed by atoms with E-state index in [4.69, 9.17) is 0 Å². The molecule has 0 saturated heterocycles. The number of hydrogen-bond acceptors (Lipinski definition) is 1. The lowest BCUT2D eigenvalue weighted by molar-refractivity contribution is 0.482. The van der Waals surface area contributed by atoms with Crippen LogP contribution in [0.15, 0.2) is 29.3 Å². The van der Waals surface area contributed by atoms with E-state index < -0.39 is 0 Å². The number of benzene rings is 1. The van der Waals surface area contributed by atoms with Gasteiger partial charge in [0.2, 0.25) is 0 Å². The summed E-state index contributed by atoms with van der Waals surface area (Å²) in [6, 6.07) is 8.66. The van der Waals surface area contributed by atoms with E-state index in [1.807, 2.05) is 7.05 Å². The summed E-state index contributed by atoms with van der Waals surface area (Å²) in [4.78, 5) is 4.57. The zero-order valence-electron chi connectivity index (χ0n) is 12.7. The molecule has 1 heteroatoms. The van der Waals surface area contributed by atoms with Crippen LogP contribution in [0.4, 0.5) is 0 Å². The molecule has 100 valence electrons. The van der Waals surface area contributed by atoms with Gasteiger partial charge in [0.1, 0.15) is 0 Å². The van der Waals surface area contributed by atoms with Crippen molar-refractivity contribution >= 4 is 5.71 Å². The standard InChI is InChI=1S/C17H27N/c1-7-13(2)16(18-6)17(4,5)12-15-11-9-8-10-14(15)3/h8-11,13H,7,12H2,1-6H3/t13-/m1/s1. The van der Waals surface area contributed by atoms with Crippen molar-refractivity contribution in [3.8, 4) is 0 Å². The number of aryl methyl sites for hydroxylation is 1. The third-order valence-corrected chi connectivity index (χ3v) is 3.91. The molecule has 0 aliphatic rings. The predicted octanol–water partition coefficient (Wildman–Crippen LogP) is 4.68. The highest BCUT2D eigenvalue weighted by Crippen LogP contribution is 2.29. The molecule has 0 heterocycles. The fraction of sp³-hybridized carbons (Fsp3) is 0.588. The van der Waals surface area contributed by atoms with E-state index in [2.05, 4.69) is 63.9 Å². The van der Waals surface area contributed by atoms with E-state index in [1.165, 1.54) is 16.8 Å². The number of hydrogen-bond donors (Lipinski definition) is 0. The van der Waals surface area contributed by atoms with E-state index in [1.54, 1.807) is 0 Å². The second kappa shape index (κ2) is 6.17. The molecular formula is C17H27N. The Kier molecular flexibility index (Phi) is 5.13. The Bertz CT molecular complexity index is 415. The molecule has 0 aliphatic carbocycles. The van der Waals surface area contributed by atoms with Crippen LogP contribution in [-0.4, -0.2) is 12.8 Å². The molecule has 1 nitrogen and oxygen atoms in total. The van der Waals surface area contributed by atoms with Gasteiger partial charge in [-0.05, 0) is 36.8 Å². The highest BCUT2D eigenvalue weighted by Gasteiger charge is 2.28. The van der Waals surface area contributed by atoms with Crippen LogP contribution in [0.5, 0.6) is 0 Å². The molecule has 0 fully saturated rings. The lowest BCUT2D eigenvalue weighted by Gasteiger charge is -2.31. The Hall–Kier alpha value is -1.11. The third kappa shape index (κ3) is 3.44. The fourth-order valence-corrected chi connectivity index (χ4v) is 2.76. The van der Waals surface area contributed by atoms with E-state index in [9.17, 15) is 0 Å². The van der Waals surface area contributed by atoms with Crippen molar-refractivity contribution in [2.24, 2.45) is 16.3 Å². The molecule has 1 aromatic carbocycles. The molecule has 0 amide bonds. The zero-order chi connectivity index (χ0) is 13.8. The molecule has 0 spiro atoms. The second-order valence-corrected chi connectivity index (χ2v) is 5.91. The molecule has 1 atom stereocenters. The quantitative estimate of drug-likeness (QED) is 0.668. The topological polar surface area (TPSA) is 12.4 Å². The highest BCUT2D eigenvalue weighted by atomic mass is 14.7. The van der Waals surface area contributed by atoms with Crippen molar-refractivity contribution < 1.29 is 0 Å². The van der Waals surface area contributed by atoms with Gasteiger partial charge in [-0.3, -0.25) is 4.99 Å². The van der Waals surface area contributed by atoms with Gasteiger partial charge in [0, 0.05) is 18.2 Å². The van der Waals surface area contributed by atoms with Gasteiger partial charge in [0.25, 0.3) is 0 Å². The maximum absolute atomic E-state index is 4.57. The Labute approximate surface area is 112 Å². The summed E-state index contributed by atoms with van der Waals surface area (Å²) >= 11 is 0. The fourth-order valence-electron chi connectivity index (χ4n) is 2.76. The molecule has 0 N–H and O–H groups in total. The SMILES string of the molecule is CC[C@@H](C)C(=NC)C(C)(C)Cc1ccccc1C. The van der Waals surface area contributed by atoms with Crippen LogP contribution in [0.25, 0.3) is 0 Å². The van der Waals surface area contributed by atoms with Crippen LogP contribution in [0.1, 0.15) is 45.2 Å². The van der Waals surface area contributed by atoms with Crippen molar-refractivity contribution in [3.63, 3.8) is 0 Å². The van der Waals surface area contributed by atoms with Crippen LogP contribution in [-0.2, 0) is 6.42 Å². The Morgan fingerprint density at radius 2 is 1.89 bits per heavy atom. The smallest absolute Gasteiger partial charge is 0.0276 e. The molecule has 0 aliphatic heterocycles. The summed E-state index contributed by atoms with van der Waals surface area (Å²) in [5.41, 5.74) is 4.29. The predicted molar refractivity (Wildman–Crippen MR) is 81.5 cm³/mol. The first-order valence-electron chi connectivity index (χ1n) is 6.94. The van der Waals surface area contributed by atoms with Crippen molar-refractivity contribution in [2.45, 2.75) is 47.5 Å². The van der Waals surface area contributed by atoms with Crippen molar-refractivity contribution in [2.75, 3.05) is 7.05 Å². The summed E-state index contributed by atoms with van der Waals surface area (Å²) < 4.78 is 0. The Morgan fingerprint density at radius 3 is 2.39 bits per heavy atom. The van der Waals surface area contributed by atoms with E-state index >= 15 is 0 Å². The van der Waals surface area contributed by atoms with E-state index in [0.717, 1.165) is 12.8 Å². The van der Waals surface area contributed by atoms with Gasteiger partial charge in [0.15, 0.2) is 0 Å². The Balaban J connectivity index is 2.97. The summed E-state index contributed by atoms with van der Waals surface area (Å²) in [6.45, 7) is 11.3. The third-order valence-electron chi connectivity index (χ3n) is 3.91. The first-order valence-corrected chi connectivity index (χ1v) is 6.94. The number of aliphatic imine (C=N–C) groups is 1. The Morgan fingerprint density at radius 1 is 1.28 bits per heavy atom. The first kappa shape index (κ1) is 14.9. The van der Waals surface area contributed by atoms with Gasteiger partial charge in [0.05, 0.1) is 0 Å². The zero-order valence-corrected chi connectivity index (χ0v) is 12.7. The molecule has 1 rings (SSSR count). The lowest BCUT2D eigenvalue weighted by Crippen LogP contribution is -2.32. The minimum absolute atomic E-state index is 0.135. The largest absolute Gasteiger partial charge is 0.297 e. The highest BCUT2D eigenvalue weighted by molar-refractivity contribution is 5.91. The maximum Gasteiger partial charge on any atom is 0.0276 e. The van der Waals surface area contributed by atoms with Crippen LogP contribution in [0, 0.1) is 18.3 Å². The van der Waals surface area contributed by atoms with Gasteiger partial charge in [-0.2, -0.15) is 0 Å². The van der Waals surface area contributed by atoms with Crippen LogP contribution < -0.4 is 0 Å². The average molecular weight is 245 g/mol. The molecule has 18 heavy (non-hydrogen) atoms. The molecule has 0 radical (unpaired) electrons. The van der Waals surface area contributed by atoms with Crippen LogP contribution in [0.2, 0.25) is 0 Å². The number of rotatable bonds is 5. The van der Waals surface area contributed by atoms with Gasteiger partial charge >= 0.3 is 0 Å². The minimum Gasteiger partial charge on any atom is -0.297 e. The van der Waals surface area contributed by atoms with Gasteiger partial charge in [-0.15, -0.1) is 0 Å². The average Bonchev–Trinajstić information content (AvgIpc) is 2.32. The molecule has 0 aromatic heterocycles. The summed E-state index contributed by atoms with van der Waals surface area (Å²) in [5.74, 6) is 0.564. The molecule has 0 saturated carbocycles. The minimum atomic E-state index is 0.135. The summed E-state index contributed by atoms with van der Waals surface area (Å²) in [5, 5.41) is 0. The number of nitrogens with zero attached hydrogens (tertiary/aromatic N) is 1. The van der Waals surface area contributed by atoms with Crippen molar-refractivity contribution in [1.29, 1.82) is 0 Å². The van der Waals surface area contributed by atoms with E-state index in [-0.39, 0.29) is 5.41 Å².